The zero-order chi connectivity index (χ0) is 9.90. The lowest BCUT2D eigenvalue weighted by molar-refractivity contribution is -0.195. The second kappa shape index (κ2) is 4.01. The number of imidazole rings is 1. The average Bonchev–Trinajstić information content (AvgIpc) is 2.50. The van der Waals surface area contributed by atoms with Crippen molar-refractivity contribution in [2.24, 2.45) is 0 Å². The summed E-state index contributed by atoms with van der Waals surface area (Å²) in [7, 11) is 0. The first-order chi connectivity index (χ1) is 6.00. The normalized spacial score (nSPS) is 14.5. The molecule has 74 valence electrons. The van der Waals surface area contributed by atoms with E-state index in [0.29, 0.717) is 5.16 Å². The van der Waals surface area contributed by atoms with Gasteiger partial charge in [0.2, 0.25) is 0 Å². The van der Waals surface area contributed by atoms with Crippen molar-refractivity contribution in [3.63, 3.8) is 0 Å². The molecule has 0 radical (unpaired) electrons. The largest absolute Gasteiger partial charge is 0.415 e. The molecule has 1 aromatic heterocycles. The highest BCUT2D eigenvalue weighted by atomic mass is 32.2. The van der Waals surface area contributed by atoms with Crippen molar-refractivity contribution in [1.82, 2.24) is 9.97 Å². The van der Waals surface area contributed by atoms with E-state index in [1.165, 1.54) is 12.4 Å². The number of halogens is 3. The van der Waals surface area contributed by atoms with Crippen LogP contribution in [0, 0.1) is 0 Å². The fraction of sp³-hybridized carbons (Fsp3) is 0.500. The van der Waals surface area contributed by atoms with Gasteiger partial charge >= 0.3 is 6.18 Å². The Kier molecular flexibility index (Phi) is 3.21. The Bertz CT molecular complexity index is 249. The van der Waals surface area contributed by atoms with Crippen molar-refractivity contribution in [1.29, 1.82) is 0 Å². The van der Waals surface area contributed by atoms with Crippen LogP contribution < -0.4 is 0 Å². The first-order valence-electron chi connectivity index (χ1n) is 3.37. The molecule has 1 aromatic rings. The van der Waals surface area contributed by atoms with Crippen molar-refractivity contribution < 1.29 is 18.3 Å². The van der Waals surface area contributed by atoms with Crippen LogP contribution in [0.4, 0.5) is 13.2 Å². The quantitative estimate of drug-likeness (QED) is 0.745. The number of rotatable bonds is 3. The van der Waals surface area contributed by atoms with Crippen LogP contribution in [0.25, 0.3) is 0 Å². The molecule has 1 unspecified atom stereocenters. The molecule has 1 atom stereocenters. The van der Waals surface area contributed by atoms with Gasteiger partial charge < -0.3 is 10.1 Å². The third-order valence-corrected chi connectivity index (χ3v) is 2.21. The molecule has 1 heterocycles. The lowest BCUT2D eigenvalue weighted by Crippen LogP contribution is -2.30. The minimum Gasteiger partial charge on any atom is -0.383 e. The number of nitrogens with one attached hydrogen (secondary N) is 1. The van der Waals surface area contributed by atoms with E-state index in [4.69, 9.17) is 5.11 Å². The molecule has 0 saturated carbocycles. The van der Waals surface area contributed by atoms with Gasteiger partial charge in [-0.3, -0.25) is 0 Å². The summed E-state index contributed by atoms with van der Waals surface area (Å²) in [6.07, 6.45) is -3.92. The number of alkyl halides is 3. The Hall–Kier alpha value is -0.690. The molecule has 0 aromatic carbocycles. The fourth-order valence-electron chi connectivity index (χ4n) is 0.582. The molecule has 13 heavy (non-hydrogen) atoms. The van der Waals surface area contributed by atoms with Gasteiger partial charge in [-0.05, 0) is 0 Å². The van der Waals surface area contributed by atoms with Crippen LogP contribution in [0.1, 0.15) is 0 Å². The highest BCUT2D eigenvalue weighted by Gasteiger charge is 2.38. The predicted octanol–water partition coefficient (Wildman–Crippen LogP) is 1.43. The van der Waals surface area contributed by atoms with Gasteiger partial charge in [-0.15, -0.1) is 0 Å². The lowest BCUT2D eigenvalue weighted by Gasteiger charge is -2.12. The molecule has 0 bridgehead atoms. The number of nitrogens with zero attached hydrogens (tertiary/aromatic N) is 1. The minimum atomic E-state index is -4.56. The number of aliphatic hydroxyl groups excluding tert-OH is 1. The summed E-state index contributed by atoms with van der Waals surface area (Å²) in [5, 5.41) is 8.96. The monoisotopic (exact) mass is 212 g/mol. The Morgan fingerprint density at radius 2 is 2.31 bits per heavy atom. The van der Waals surface area contributed by atoms with Crippen LogP contribution in [0.5, 0.6) is 0 Å². The maximum atomic E-state index is 11.8. The van der Waals surface area contributed by atoms with Gasteiger partial charge in [-0.25, -0.2) is 4.98 Å². The van der Waals surface area contributed by atoms with E-state index >= 15 is 0 Å². The smallest absolute Gasteiger partial charge is 0.383 e. The highest BCUT2D eigenvalue weighted by molar-refractivity contribution is 7.99. The van der Waals surface area contributed by atoms with Crippen molar-refractivity contribution >= 4 is 11.8 Å². The zero-order valence-corrected chi connectivity index (χ0v) is 7.19. The molecule has 1 rings (SSSR count). The fourth-order valence-corrected chi connectivity index (χ4v) is 1.37. The standard InChI is InChI=1S/C6H7F3N2OS/c7-6(8,9)4(12)3-13-5-10-1-2-11-5/h1-2,4,12H,3H2,(H,10,11). The Morgan fingerprint density at radius 1 is 1.62 bits per heavy atom. The van der Waals surface area contributed by atoms with Gasteiger partial charge in [0.1, 0.15) is 0 Å². The average molecular weight is 212 g/mol. The van der Waals surface area contributed by atoms with Crippen molar-refractivity contribution in [3.8, 4) is 0 Å². The van der Waals surface area contributed by atoms with Crippen LogP contribution in [0.2, 0.25) is 0 Å². The number of hydrogen-bond acceptors (Lipinski definition) is 3. The summed E-state index contributed by atoms with van der Waals surface area (Å²) < 4.78 is 35.4. The molecule has 7 heteroatoms. The van der Waals surface area contributed by atoms with E-state index in [2.05, 4.69) is 9.97 Å². The maximum Gasteiger partial charge on any atom is 0.415 e. The Balaban J connectivity index is 2.35. The van der Waals surface area contributed by atoms with Crippen LogP contribution >= 0.6 is 11.8 Å². The molecule has 0 fully saturated rings. The zero-order valence-electron chi connectivity index (χ0n) is 6.38. The molecule has 0 aliphatic rings. The van der Waals surface area contributed by atoms with Gasteiger partial charge in [0.05, 0.1) is 0 Å². The molecule has 2 N–H and O–H groups in total. The number of hydrogen-bond donors (Lipinski definition) is 2. The van der Waals surface area contributed by atoms with Crippen LogP contribution in [-0.2, 0) is 0 Å². The summed E-state index contributed by atoms with van der Waals surface area (Å²) in [5.74, 6) is -0.447. The number of aromatic amines is 1. The van der Waals surface area contributed by atoms with E-state index in [1.54, 1.807) is 0 Å². The van der Waals surface area contributed by atoms with Crippen LogP contribution in [0.15, 0.2) is 17.6 Å². The van der Waals surface area contributed by atoms with Crippen LogP contribution in [0.3, 0.4) is 0 Å². The number of thioether (sulfide) groups is 1. The van der Waals surface area contributed by atoms with E-state index in [1.807, 2.05) is 0 Å². The van der Waals surface area contributed by atoms with Crippen LogP contribution in [-0.4, -0.2) is 33.1 Å². The SMILES string of the molecule is OC(CSc1ncc[nH]1)C(F)(F)F. The first kappa shape index (κ1) is 10.4. The topological polar surface area (TPSA) is 48.9 Å². The molecule has 0 aliphatic heterocycles. The number of aromatic nitrogens is 2. The molecular weight excluding hydrogens is 205 g/mol. The van der Waals surface area contributed by atoms with Crippen molar-refractivity contribution in [3.05, 3.63) is 12.4 Å². The molecule has 3 nitrogen and oxygen atoms in total. The van der Waals surface area contributed by atoms with Gasteiger partial charge in [0.15, 0.2) is 11.3 Å². The van der Waals surface area contributed by atoms with Gasteiger partial charge in [0, 0.05) is 18.1 Å². The number of H-pyrrole nitrogens is 1. The third kappa shape index (κ3) is 3.27. The van der Waals surface area contributed by atoms with E-state index in [0.717, 1.165) is 11.8 Å². The van der Waals surface area contributed by atoms with Crippen molar-refractivity contribution in [2.75, 3.05) is 5.75 Å². The first-order valence-corrected chi connectivity index (χ1v) is 4.35. The number of aliphatic hydroxyl groups is 1. The van der Waals surface area contributed by atoms with Gasteiger partial charge in [-0.1, -0.05) is 11.8 Å². The van der Waals surface area contributed by atoms with Crippen molar-refractivity contribution in [2.45, 2.75) is 17.4 Å². The Labute approximate surface area is 76.4 Å². The molecule has 0 amide bonds. The second-order valence-corrected chi connectivity index (χ2v) is 3.27. The minimum absolute atomic E-state index is 0.364. The van der Waals surface area contributed by atoms with E-state index in [9.17, 15) is 13.2 Å². The summed E-state index contributed by atoms with van der Waals surface area (Å²) in [5.41, 5.74) is 0. The summed E-state index contributed by atoms with van der Waals surface area (Å²) in [4.78, 5) is 6.32. The highest BCUT2D eigenvalue weighted by Crippen LogP contribution is 2.24. The van der Waals surface area contributed by atoms with Gasteiger partial charge in [0.25, 0.3) is 0 Å². The second-order valence-electron chi connectivity index (χ2n) is 2.26. The molecule has 0 aliphatic carbocycles. The Morgan fingerprint density at radius 3 is 2.77 bits per heavy atom. The molecular formula is C6H7F3N2OS. The predicted molar refractivity (Wildman–Crippen MR) is 41.4 cm³/mol. The third-order valence-electron chi connectivity index (χ3n) is 1.23. The van der Waals surface area contributed by atoms with E-state index < -0.39 is 18.0 Å². The lowest BCUT2D eigenvalue weighted by atomic mass is 10.4. The summed E-state index contributed by atoms with van der Waals surface area (Å²) in [6, 6.07) is 0. The van der Waals surface area contributed by atoms with E-state index in [-0.39, 0.29) is 0 Å². The molecule has 0 saturated heterocycles. The van der Waals surface area contributed by atoms with Gasteiger partial charge in [-0.2, -0.15) is 13.2 Å². The maximum absolute atomic E-state index is 11.8. The summed E-state index contributed by atoms with van der Waals surface area (Å²) >= 11 is 0.825. The summed E-state index contributed by atoms with van der Waals surface area (Å²) in [6.45, 7) is 0. The molecule has 0 spiro atoms.